The highest BCUT2D eigenvalue weighted by molar-refractivity contribution is 6.34. The number of carbonyl (C=O) groups excluding carboxylic acids is 2. The van der Waals surface area contributed by atoms with Gasteiger partial charge in [-0.2, -0.15) is 18.3 Å². The summed E-state index contributed by atoms with van der Waals surface area (Å²) in [6.45, 7) is 0.329. The van der Waals surface area contributed by atoms with Gasteiger partial charge in [-0.15, -0.1) is 0 Å². The van der Waals surface area contributed by atoms with Crippen molar-refractivity contribution in [2.45, 2.75) is 44.5 Å². The number of amides is 2. The number of anilines is 2. The van der Waals surface area contributed by atoms with Gasteiger partial charge in [-0.25, -0.2) is 18.7 Å². The van der Waals surface area contributed by atoms with Gasteiger partial charge in [0.05, 0.1) is 28.0 Å². The maximum absolute atomic E-state index is 13.7. The van der Waals surface area contributed by atoms with Crippen LogP contribution in [0, 0.1) is 5.92 Å². The van der Waals surface area contributed by atoms with Crippen LogP contribution in [-0.2, 0) is 22.3 Å². The summed E-state index contributed by atoms with van der Waals surface area (Å²) < 4.78 is 68.9. The Morgan fingerprint density at radius 3 is 2.43 bits per heavy atom. The zero-order chi connectivity index (χ0) is 35.5. The molecule has 19 heteroatoms. The number of rotatable bonds is 7. The Balaban J connectivity index is 0.00000151. The second-order valence-corrected chi connectivity index (χ2v) is 11.8. The van der Waals surface area contributed by atoms with Crippen LogP contribution in [0.4, 0.5) is 33.5 Å². The number of benzene rings is 1. The van der Waals surface area contributed by atoms with E-state index in [0.29, 0.717) is 43.0 Å². The highest BCUT2D eigenvalue weighted by Gasteiger charge is 2.39. The van der Waals surface area contributed by atoms with Gasteiger partial charge in [-0.3, -0.25) is 23.5 Å². The first-order valence-corrected chi connectivity index (χ1v) is 15.4. The van der Waals surface area contributed by atoms with Crippen LogP contribution < -0.4 is 11.1 Å². The smallest absolute Gasteiger partial charge is 0.435 e. The van der Waals surface area contributed by atoms with Gasteiger partial charge in [0.2, 0.25) is 5.91 Å². The molecule has 1 saturated carbocycles. The Labute approximate surface area is 280 Å². The minimum Gasteiger partial charge on any atom is -0.483 e. The number of halogens is 6. The third-order valence-corrected chi connectivity index (χ3v) is 8.54. The SMILES string of the molecule is N[C@@H]1CC[C@@H](C(=O)N2CCN(C(=O)c3ccc(Nc4nccn5c(-c6cn(CC(F)F)nc6C(F)(F)F)cnc45)cc3Cl)CC2)C1.O=CO. The molecule has 2 aliphatic rings. The molecule has 4 heterocycles. The number of nitrogens with zero attached hydrogens (tertiary/aromatic N) is 7. The molecule has 49 heavy (non-hydrogen) atoms. The van der Waals surface area contributed by atoms with Crippen LogP contribution in [0.15, 0.2) is 43.0 Å². The number of carbonyl (C=O) groups is 3. The van der Waals surface area contributed by atoms with Crippen LogP contribution in [0.25, 0.3) is 16.9 Å². The fourth-order valence-electron chi connectivity index (χ4n) is 5.96. The molecule has 4 N–H and O–H groups in total. The van der Waals surface area contributed by atoms with Gasteiger partial charge in [0.15, 0.2) is 17.2 Å². The van der Waals surface area contributed by atoms with Crippen LogP contribution in [0.1, 0.15) is 35.3 Å². The summed E-state index contributed by atoms with van der Waals surface area (Å²) >= 11 is 6.52. The summed E-state index contributed by atoms with van der Waals surface area (Å²) in [6.07, 6.45) is -0.674. The zero-order valence-corrected chi connectivity index (χ0v) is 26.4. The first kappa shape index (κ1) is 35.5. The van der Waals surface area contributed by atoms with Gasteiger partial charge < -0.3 is 26.0 Å². The maximum Gasteiger partial charge on any atom is 0.435 e. The lowest BCUT2D eigenvalue weighted by Crippen LogP contribution is -2.51. The number of hydrogen-bond donors (Lipinski definition) is 3. The van der Waals surface area contributed by atoms with Gasteiger partial charge in [-0.1, -0.05) is 11.6 Å². The normalized spacial score (nSPS) is 18.0. The number of imidazole rings is 1. The van der Waals surface area contributed by atoms with Crippen LogP contribution in [-0.4, -0.2) is 96.0 Å². The molecule has 1 aliphatic carbocycles. The zero-order valence-electron chi connectivity index (χ0n) is 25.7. The van der Waals surface area contributed by atoms with Crippen molar-refractivity contribution in [1.29, 1.82) is 0 Å². The highest BCUT2D eigenvalue weighted by atomic mass is 35.5. The van der Waals surface area contributed by atoms with E-state index in [9.17, 15) is 31.5 Å². The summed E-state index contributed by atoms with van der Waals surface area (Å²) in [6, 6.07) is 4.73. The standard InChI is InChI=1S/C29H29ClF5N9O2.CH2O2/c30-21-12-18(3-4-19(21)28(46)42-9-7-41(8-10-42)27(45)16-1-2-17(36)11-16)39-25-26-38-13-22(44(26)6-5-37-25)20-14-43(15-23(31)32)40-24(20)29(33,34)35;2-1-3/h3-6,12-14,16-17,23H,1-2,7-11,15,36H2,(H,37,39);1H,(H,2,3)/t16-,17-;/m1./s1. The van der Waals surface area contributed by atoms with E-state index in [4.69, 9.17) is 27.2 Å². The molecule has 4 aromatic rings. The number of aromatic nitrogens is 5. The highest BCUT2D eigenvalue weighted by Crippen LogP contribution is 2.37. The summed E-state index contributed by atoms with van der Waals surface area (Å²) in [5.74, 6) is -0.0850. The molecule has 0 unspecified atom stereocenters. The maximum atomic E-state index is 13.7. The lowest BCUT2D eigenvalue weighted by Gasteiger charge is -2.36. The first-order chi connectivity index (χ1) is 23.3. The van der Waals surface area contributed by atoms with E-state index in [1.165, 1.54) is 29.1 Å². The second-order valence-electron chi connectivity index (χ2n) is 11.4. The van der Waals surface area contributed by atoms with E-state index in [1.807, 2.05) is 0 Å². The Hall–Kier alpha value is -4.84. The number of nitrogens with two attached hydrogens (primary N) is 1. The summed E-state index contributed by atoms with van der Waals surface area (Å²) in [5, 5.41) is 13.4. The van der Waals surface area contributed by atoms with Crippen molar-refractivity contribution in [2.24, 2.45) is 11.7 Å². The predicted molar refractivity (Wildman–Crippen MR) is 166 cm³/mol. The van der Waals surface area contributed by atoms with Crippen molar-refractivity contribution in [1.82, 2.24) is 33.9 Å². The Kier molecular flexibility index (Phi) is 10.7. The molecular weight excluding hydrogens is 681 g/mol. The van der Waals surface area contributed by atoms with E-state index in [2.05, 4.69) is 20.4 Å². The van der Waals surface area contributed by atoms with Crippen molar-refractivity contribution in [3.63, 3.8) is 0 Å². The minimum atomic E-state index is -4.90. The first-order valence-electron chi connectivity index (χ1n) is 15.0. The monoisotopic (exact) mass is 711 g/mol. The number of alkyl halides is 5. The second kappa shape index (κ2) is 14.7. The molecule has 2 atom stereocenters. The van der Waals surface area contributed by atoms with E-state index >= 15 is 0 Å². The lowest BCUT2D eigenvalue weighted by molar-refractivity contribution is -0.141. The summed E-state index contributed by atoms with van der Waals surface area (Å²) in [4.78, 5) is 46.4. The molecule has 0 radical (unpaired) electrons. The van der Waals surface area contributed by atoms with E-state index < -0.39 is 30.4 Å². The molecule has 1 aliphatic heterocycles. The van der Waals surface area contributed by atoms with E-state index in [1.54, 1.807) is 21.9 Å². The number of fused-ring (bicyclic) bond motifs is 1. The van der Waals surface area contributed by atoms with Crippen LogP contribution in [0.3, 0.4) is 0 Å². The van der Waals surface area contributed by atoms with E-state index in [-0.39, 0.29) is 58.0 Å². The van der Waals surface area contributed by atoms with Gasteiger partial charge in [0, 0.05) is 62.4 Å². The fourth-order valence-corrected chi connectivity index (χ4v) is 6.22. The summed E-state index contributed by atoms with van der Waals surface area (Å²) in [5.41, 5.74) is 5.04. The molecule has 1 aromatic carbocycles. The van der Waals surface area contributed by atoms with Gasteiger partial charge in [0.25, 0.3) is 18.8 Å². The average molecular weight is 712 g/mol. The lowest BCUT2D eigenvalue weighted by atomic mass is 10.1. The van der Waals surface area contributed by atoms with Crippen LogP contribution in [0.2, 0.25) is 5.02 Å². The Bertz CT molecular complexity index is 1820. The van der Waals surface area contributed by atoms with Crippen molar-refractivity contribution in [2.75, 3.05) is 31.5 Å². The largest absolute Gasteiger partial charge is 0.483 e. The molecule has 13 nitrogen and oxygen atoms in total. The molecule has 6 rings (SSSR count). The minimum absolute atomic E-state index is 0.0270. The van der Waals surface area contributed by atoms with Crippen molar-refractivity contribution < 1.29 is 41.4 Å². The molecule has 262 valence electrons. The molecule has 0 spiro atoms. The van der Waals surface area contributed by atoms with Gasteiger partial charge >= 0.3 is 6.18 Å². The predicted octanol–water partition coefficient (Wildman–Crippen LogP) is 4.39. The third-order valence-electron chi connectivity index (χ3n) is 8.22. The number of nitrogens with one attached hydrogen (secondary N) is 1. The summed E-state index contributed by atoms with van der Waals surface area (Å²) in [7, 11) is 0. The Morgan fingerprint density at radius 2 is 1.82 bits per heavy atom. The average Bonchev–Trinajstić information content (AvgIpc) is 3.79. The number of carboxylic acid groups (broad SMARTS) is 1. The Morgan fingerprint density at radius 1 is 1.12 bits per heavy atom. The van der Waals surface area contributed by atoms with E-state index in [0.717, 1.165) is 19.0 Å². The molecule has 3 aromatic heterocycles. The quantitative estimate of drug-likeness (QED) is 0.186. The van der Waals surface area contributed by atoms with Crippen LogP contribution >= 0.6 is 11.6 Å². The fraction of sp³-hybridized carbons (Fsp3) is 0.400. The van der Waals surface area contributed by atoms with Gasteiger partial charge in [-0.05, 0) is 37.5 Å². The molecule has 2 amide bonds. The van der Waals surface area contributed by atoms with Crippen LogP contribution in [0.5, 0.6) is 0 Å². The molecule has 1 saturated heterocycles. The third kappa shape index (κ3) is 7.91. The van der Waals surface area contributed by atoms with Crippen molar-refractivity contribution in [3.05, 3.63) is 59.3 Å². The number of hydrogen-bond acceptors (Lipinski definition) is 8. The molecule has 0 bridgehead atoms. The molecule has 2 fully saturated rings. The topological polar surface area (TPSA) is 164 Å². The van der Waals surface area contributed by atoms with Crippen molar-refractivity contribution in [3.8, 4) is 11.3 Å². The van der Waals surface area contributed by atoms with Crippen molar-refractivity contribution >= 4 is 47.0 Å². The van der Waals surface area contributed by atoms with Gasteiger partial charge in [0.1, 0.15) is 6.54 Å². The molecular formula is C30H31ClF5N9O4. The number of piperazine rings is 1.